The minimum atomic E-state index is 0.336. The molecular formula is C13H29NO. The Hall–Kier alpha value is -0.0800. The normalized spacial score (nSPS) is 14.6. The molecule has 0 amide bonds. The summed E-state index contributed by atoms with van der Waals surface area (Å²) in [7, 11) is 4.23. The first-order valence-electron chi connectivity index (χ1n) is 6.11. The third kappa shape index (κ3) is 10.2. The van der Waals surface area contributed by atoms with Crippen LogP contribution >= 0.6 is 0 Å². The van der Waals surface area contributed by atoms with Gasteiger partial charge in [0.1, 0.15) is 0 Å². The first-order valence-corrected chi connectivity index (χ1v) is 6.11. The average Bonchev–Trinajstić information content (AvgIpc) is 2.00. The summed E-state index contributed by atoms with van der Waals surface area (Å²) in [5, 5.41) is 9.03. The van der Waals surface area contributed by atoms with Crippen molar-refractivity contribution < 1.29 is 5.11 Å². The molecule has 92 valence electrons. The fourth-order valence-corrected chi connectivity index (χ4v) is 2.09. The van der Waals surface area contributed by atoms with E-state index in [1.54, 1.807) is 0 Å². The van der Waals surface area contributed by atoms with Crippen molar-refractivity contribution in [2.75, 3.05) is 27.2 Å². The van der Waals surface area contributed by atoms with E-state index in [9.17, 15) is 0 Å². The molecule has 0 spiro atoms. The highest BCUT2D eigenvalue weighted by atomic mass is 16.3. The molecule has 0 fully saturated rings. The molecule has 0 unspecified atom stereocenters. The fourth-order valence-electron chi connectivity index (χ4n) is 2.09. The van der Waals surface area contributed by atoms with Crippen molar-refractivity contribution in [2.45, 2.75) is 46.5 Å². The lowest BCUT2D eigenvalue weighted by Crippen LogP contribution is -2.18. The zero-order valence-electron chi connectivity index (χ0n) is 11.2. The van der Waals surface area contributed by atoms with Gasteiger partial charge in [-0.05, 0) is 57.7 Å². The van der Waals surface area contributed by atoms with Crippen LogP contribution in [0.25, 0.3) is 0 Å². The van der Waals surface area contributed by atoms with E-state index in [1.807, 2.05) is 0 Å². The molecule has 0 aliphatic carbocycles. The molecule has 2 heteroatoms. The van der Waals surface area contributed by atoms with Crippen molar-refractivity contribution in [3.63, 3.8) is 0 Å². The van der Waals surface area contributed by atoms with Crippen LogP contribution < -0.4 is 0 Å². The molecule has 0 rings (SSSR count). The number of rotatable bonds is 7. The molecule has 0 bridgehead atoms. The zero-order chi connectivity index (χ0) is 11.9. The molecule has 0 aromatic heterocycles. The van der Waals surface area contributed by atoms with Gasteiger partial charge in [0.05, 0.1) is 0 Å². The van der Waals surface area contributed by atoms with Crippen LogP contribution in [0.1, 0.15) is 46.5 Å². The third-order valence-electron chi connectivity index (χ3n) is 2.66. The van der Waals surface area contributed by atoms with Gasteiger partial charge in [0.2, 0.25) is 0 Å². The van der Waals surface area contributed by atoms with Crippen molar-refractivity contribution in [3.8, 4) is 0 Å². The molecule has 0 aliphatic heterocycles. The highest BCUT2D eigenvalue weighted by Crippen LogP contribution is 2.28. The number of hydrogen-bond donors (Lipinski definition) is 1. The fraction of sp³-hybridized carbons (Fsp3) is 1.00. The molecule has 0 saturated carbocycles. The maximum absolute atomic E-state index is 9.03. The molecule has 0 radical (unpaired) electrons. The lowest BCUT2D eigenvalue weighted by Gasteiger charge is -2.26. The van der Waals surface area contributed by atoms with Crippen LogP contribution in [-0.4, -0.2) is 37.3 Å². The Morgan fingerprint density at radius 1 is 1.13 bits per heavy atom. The van der Waals surface area contributed by atoms with Crippen LogP contribution in [0, 0.1) is 11.3 Å². The summed E-state index contributed by atoms with van der Waals surface area (Å²) in [6.45, 7) is 8.34. The average molecular weight is 215 g/mol. The monoisotopic (exact) mass is 215 g/mol. The van der Waals surface area contributed by atoms with Crippen LogP contribution in [-0.2, 0) is 0 Å². The molecule has 0 aromatic carbocycles. The van der Waals surface area contributed by atoms with Gasteiger partial charge in [-0.3, -0.25) is 0 Å². The Bertz CT molecular complexity index is 149. The van der Waals surface area contributed by atoms with Gasteiger partial charge in [0, 0.05) is 6.61 Å². The van der Waals surface area contributed by atoms with E-state index in [0.717, 1.165) is 13.0 Å². The maximum Gasteiger partial charge on any atom is 0.0433 e. The molecule has 1 atom stereocenters. The molecule has 0 heterocycles. The quantitative estimate of drug-likeness (QED) is 0.706. The van der Waals surface area contributed by atoms with E-state index in [4.69, 9.17) is 5.11 Å². The van der Waals surface area contributed by atoms with E-state index in [0.29, 0.717) is 17.9 Å². The summed E-state index contributed by atoms with van der Waals surface area (Å²) in [4.78, 5) is 2.23. The van der Waals surface area contributed by atoms with Crippen molar-refractivity contribution in [2.24, 2.45) is 11.3 Å². The van der Waals surface area contributed by atoms with Crippen molar-refractivity contribution >= 4 is 0 Å². The van der Waals surface area contributed by atoms with Gasteiger partial charge in [0.25, 0.3) is 0 Å². The summed E-state index contributed by atoms with van der Waals surface area (Å²) < 4.78 is 0. The van der Waals surface area contributed by atoms with Gasteiger partial charge in [-0.2, -0.15) is 0 Å². The Labute approximate surface area is 95.7 Å². The first-order chi connectivity index (χ1) is 6.85. The van der Waals surface area contributed by atoms with Crippen molar-refractivity contribution in [1.29, 1.82) is 0 Å². The number of nitrogens with zero attached hydrogens (tertiary/aromatic N) is 1. The van der Waals surface area contributed by atoms with Crippen LogP contribution in [0.5, 0.6) is 0 Å². The Kier molecular flexibility index (Phi) is 7.20. The Morgan fingerprint density at radius 3 is 2.13 bits per heavy atom. The Balaban J connectivity index is 3.83. The van der Waals surface area contributed by atoms with E-state index in [2.05, 4.69) is 39.8 Å². The first kappa shape index (κ1) is 14.9. The molecule has 1 N–H and O–H groups in total. The van der Waals surface area contributed by atoms with Crippen LogP contribution in [0.2, 0.25) is 0 Å². The smallest absolute Gasteiger partial charge is 0.0433 e. The van der Waals surface area contributed by atoms with Crippen molar-refractivity contribution in [1.82, 2.24) is 4.90 Å². The zero-order valence-corrected chi connectivity index (χ0v) is 11.2. The minimum Gasteiger partial charge on any atom is -0.396 e. The van der Waals surface area contributed by atoms with Gasteiger partial charge < -0.3 is 10.0 Å². The van der Waals surface area contributed by atoms with Crippen LogP contribution in [0.15, 0.2) is 0 Å². The molecule has 0 aromatic rings. The predicted octanol–water partition coefficient (Wildman–Crippen LogP) is 2.76. The lowest BCUT2D eigenvalue weighted by molar-refractivity contribution is 0.204. The predicted molar refractivity (Wildman–Crippen MR) is 67.1 cm³/mol. The van der Waals surface area contributed by atoms with Gasteiger partial charge in [-0.1, -0.05) is 20.8 Å². The Morgan fingerprint density at radius 2 is 1.73 bits per heavy atom. The standard InChI is InChI=1S/C13H29NO/c1-13(2,3)11-12(8-10-15)7-6-9-14(4)5/h12,15H,6-11H2,1-5H3/t12-/m1/s1. The number of aliphatic hydroxyl groups excluding tert-OH is 1. The maximum atomic E-state index is 9.03. The molecule has 0 aliphatic rings. The van der Waals surface area contributed by atoms with Gasteiger partial charge in [-0.15, -0.1) is 0 Å². The van der Waals surface area contributed by atoms with Crippen LogP contribution in [0.4, 0.5) is 0 Å². The van der Waals surface area contributed by atoms with Gasteiger partial charge in [0.15, 0.2) is 0 Å². The number of aliphatic hydroxyl groups is 1. The van der Waals surface area contributed by atoms with Gasteiger partial charge >= 0.3 is 0 Å². The number of hydrogen-bond acceptors (Lipinski definition) is 2. The molecular weight excluding hydrogens is 186 g/mol. The van der Waals surface area contributed by atoms with E-state index in [-0.39, 0.29) is 0 Å². The highest BCUT2D eigenvalue weighted by molar-refractivity contribution is 4.69. The van der Waals surface area contributed by atoms with E-state index < -0.39 is 0 Å². The van der Waals surface area contributed by atoms with Gasteiger partial charge in [-0.25, -0.2) is 0 Å². The van der Waals surface area contributed by atoms with Crippen LogP contribution in [0.3, 0.4) is 0 Å². The molecule has 2 nitrogen and oxygen atoms in total. The van der Waals surface area contributed by atoms with Crippen molar-refractivity contribution in [3.05, 3.63) is 0 Å². The lowest BCUT2D eigenvalue weighted by atomic mass is 9.81. The third-order valence-corrected chi connectivity index (χ3v) is 2.66. The summed E-state index contributed by atoms with van der Waals surface area (Å²) in [5.41, 5.74) is 0.387. The van der Waals surface area contributed by atoms with E-state index in [1.165, 1.54) is 19.3 Å². The van der Waals surface area contributed by atoms with E-state index >= 15 is 0 Å². The largest absolute Gasteiger partial charge is 0.396 e. The summed E-state index contributed by atoms with van der Waals surface area (Å²) in [6.07, 6.45) is 4.68. The highest BCUT2D eigenvalue weighted by Gasteiger charge is 2.18. The second-order valence-electron chi connectivity index (χ2n) is 6.09. The minimum absolute atomic E-state index is 0.336. The molecule has 15 heavy (non-hydrogen) atoms. The summed E-state index contributed by atoms with van der Waals surface area (Å²) in [6, 6.07) is 0. The second-order valence-corrected chi connectivity index (χ2v) is 6.09. The summed E-state index contributed by atoms with van der Waals surface area (Å²) in [5.74, 6) is 0.690. The second kappa shape index (κ2) is 7.24. The summed E-state index contributed by atoms with van der Waals surface area (Å²) >= 11 is 0. The SMILES string of the molecule is CN(C)CCC[C@H](CCO)CC(C)(C)C. The topological polar surface area (TPSA) is 23.5 Å². The molecule has 0 saturated heterocycles.